The van der Waals surface area contributed by atoms with E-state index < -0.39 is 4.92 Å². The van der Waals surface area contributed by atoms with Gasteiger partial charge in [0.2, 0.25) is 0 Å². The Balaban J connectivity index is 0.000000299. The van der Waals surface area contributed by atoms with Crippen LogP contribution in [0.2, 0.25) is 0 Å². The van der Waals surface area contributed by atoms with E-state index in [9.17, 15) is 14.9 Å². The molecular weight excluding hydrogens is 280 g/mol. The largest absolute Gasteiger partial charge is 0.368 e. The third kappa shape index (κ3) is 3.89. The summed E-state index contributed by atoms with van der Waals surface area (Å²) in [6.07, 6.45) is 3.75. The number of nitrogens with one attached hydrogen (secondary N) is 1. The lowest BCUT2D eigenvalue weighted by atomic mass is 10.0. The van der Waals surface area contributed by atoms with Crippen LogP contribution in [0, 0.1) is 10.1 Å². The third-order valence-electron chi connectivity index (χ3n) is 2.88. The Morgan fingerprint density at radius 2 is 1.45 bits per heavy atom. The van der Waals surface area contributed by atoms with Gasteiger partial charge in [-0.05, 0) is 18.2 Å². The van der Waals surface area contributed by atoms with E-state index in [1.165, 1.54) is 12.1 Å². The molecule has 0 fully saturated rings. The Morgan fingerprint density at radius 3 is 2.00 bits per heavy atom. The number of rotatable bonds is 3. The van der Waals surface area contributed by atoms with Gasteiger partial charge in [0.25, 0.3) is 5.69 Å². The van der Waals surface area contributed by atoms with Crippen LogP contribution in [0.1, 0.15) is 15.9 Å². The van der Waals surface area contributed by atoms with E-state index in [0.717, 1.165) is 0 Å². The highest BCUT2D eigenvalue weighted by Gasteiger charge is 2.19. The first kappa shape index (κ1) is 15.2. The summed E-state index contributed by atoms with van der Waals surface area (Å²) in [5.41, 5.74) is 0.395. The highest BCUT2D eigenvalue weighted by Crippen LogP contribution is 2.20. The van der Waals surface area contributed by atoms with Crippen molar-refractivity contribution in [1.82, 2.24) is 4.98 Å². The fourth-order valence-corrected chi connectivity index (χ4v) is 1.85. The van der Waals surface area contributed by atoms with Crippen molar-refractivity contribution in [2.75, 3.05) is 0 Å². The second-order valence-electron chi connectivity index (χ2n) is 4.35. The van der Waals surface area contributed by atoms with Crippen molar-refractivity contribution in [3.8, 4) is 0 Å². The molecule has 1 heterocycles. The molecule has 0 amide bonds. The molecule has 0 saturated heterocycles. The summed E-state index contributed by atoms with van der Waals surface area (Å²) in [6, 6.07) is 18.4. The monoisotopic (exact) mass is 294 g/mol. The average molecular weight is 294 g/mol. The zero-order chi connectivity index (χ0) is 15.8. The van der Waals surface area contributed by atoms with Crippen molar-refractivity contribution in [3.63, 3.8) is 0 Å². The topological polar surface area (TPSA) is 76.0 Å². The lowest BCUT2D eigenvalue weighted by Gasteiger charge is -2.01. The molecule has 0 aliphatic heterocycles. The molecule has 0 spiro atoms. The van der Waals surface area contributed by atoms with E-state index in [-0.39, 0.29) is 17.0 Å². The van der Waals surface area contributed by atoms with E-state index in [0.29, 0.717) is 5.56 Å². The molecule has 2 aromatic carbocycles. The molecule has 0 atom stereocenters. The summed E-state index contributed by atoms with van der Waals surface area (Å²) in [6.45, 7) is 0. The molecule has 3 aromatic rings. The lowest BCUT2D eigenvalue weighted by Crippen LogP contribution is -2.04. The first-order valence-corrected chi connectivity index (χ1v) is 6.61. The van der Waals surface area contributed by atoms with Gasteiger partial charge in [0.05, 0.1) is 4.92 Å². The summed E-state index contributed by atoms with van der Waals surface area (Å²) in [4.78, 5) is 25.2. The van der Waals surface area contributed by atoms with Gasteiger partial charge in [-0.25, -0.2) is 0 Å². The van der Waals surface area contributed by atoms with Crippen molar-refractivity contribution >= 4 is 11.5 Å². The number of nitro benzene ring substituents is 1. The molecule has 0 saturated carbocycles. The minimum Gasteiger partial charge on any atom is -0.368 e. The van der Waals surface area contributed by atoms with Crippen LogP contribution in [0.4, 0.5) is 5.69 Å². The fraction of sp³-hybridized carbons (Fsp3) is 0. The van der Waals surface area contributed by atoms with E-state index in [2.05, 4.69) is 4.98 Å². The van der Waals surface area contributed by atoms with Crippen LogP contribution in [-0.2, 0) is 0 Å². The molecule has 110 valence electrons. The van der Waals surface area contributed by atoms with E-state index in [1.54, 1.807) is 42.5 Å². The van der Waals surface area contributed by atoms with Crippen LogP contribution in [0.25, 0.3) is 0 Å². The number of aromatic nitrogens is 1. The van der Waals surface area contributed by atoms with Crippen LogP contribution in [0.15, 0.2) is 79.1 Å². The maximum atomic E-state index is 12.1. The SMILES string of the molecule is O=C(c1ccccc1)c1ccccc1[N+](=O)[O-].c1cc[nH]c1. The van der Waals surface area contributed by atoms with Crippen LogP contribution < -0.4 is 0 Å². The van der Waals surface area contributed by atoms with E-state index >= 15 is 0 Å². The molecule has 5 nitrogen and oxygen atoms in total. The molecule has 0 radical (unpaired) electrons. The fourth-order valence-electron chi connectivity index (χ4n) is 1.85. The number of nitro groups is 1. The molecule has 1 N–H and O–H groups in total. The Kier molecular flexibility index (Phi) is 5.20. The third-order valence-corrected chi connectivity index (χ3v) is 2.88. The second kappa shape index (κ2) is 7.54. The Hall–Kier alpha value is -3.21. The minimum atomic E-state index is -0.545. The number of ketones is 1. The number of para-hydroxylation sites is 1. The normalized spacial score (nSPS) is 9.45. The summed E-state index contributed by atoms with van der Waals surface area (Å²) in [5.74, 6) is -0.335. The smallest absolute Gasteiger partial charge is 0.280 e. The summed E-state index contributed by atoms with van der Waals surface area (Å²) < 4.78 is 0. The lowest BCUT2D eigenvalue weighted by molar-refractivity contribution is -0.385. The van der Waals surface area contributed by atoms with E-state index in [4.69, 9.17) is 0 Å². The van der Waals surface area contributed by atoms with Gasteiger partial charge >= 0.3 is 0 Å². The maximum absolute atomic E-state index is 12.1. The molecule has 3 rings (SSSR count). The van der Waals surface area contributed by atoms with Gasteiger partial charge in [0.1, 0.15) is 5.56 Å². The quantitative estimate of drug-likeness (QED) is 0.453. The number of benzene rings is 2. The van der Waals surface area contributed by atoms with Crippen molar-refractivity contribution < 1.29 is 9.72 Å². The van der Waals surface area contributed by atoms with Gasteiger partial charge in [-0.3, -0.25) is 14.9 Å². The van der Waals surface area contributed by atoms with Gasteiger partial charge < -0.3 is 4.98 Å². The molecule has 5 heteroatoms. The first-order chi connectivity index (χ1) is 10.7. The molecule has 0 aliphatic carbocycles. The summed E-state index contributed by atoms with van der Waals surface area (Å²) in [7, 11) is 0. The van der Waals surface area contributed by atoms with Crippen molar-refractivity contribution in [2.45, 2.75) is 0 Å². The zero-order valence-electron chi connectivity index (χ0n) is 11.7. The standard InChI is InChI=1S/C13H9NO3.C4H5N/c15-13(10-6-2-1-3-7-10)11-8-4-5-9-12(11)14(16)17;1-2-4-5-3-1/h1-9H;1-5H. The van der Waals surface area contributed by atoms with Crippen molar-refractivity contribution in [3.05, 3.63) is 100 Å². The zero-order valence-corrected chi connectivity index (χ0v) is 11.7. The first-order valence-electron chi connectivity index (χ1n) is 6.61. The number of nitrogens with zero attached hydrogens (tertiary/aromatic N) is 1. The summed E-state index contributed by atoms with van der Waals surface area (Å²) in [5, 5.41) is 10.8. The Bertz CT molecular complexity index is 720. The van der Waals surface area contributed by atoms with E-state index in [1.807, 2.05) is 24.5 Å². The Morgan fingerprint density at radius 1 is 0.864 bits per heavy atom. The predicted molar refractivity (Wildman–Crippen MR) is 83.8 cm³/mol. The van der Waals surface area contributed by atoms with Gasteiger partial charge in [-0.2, -0.15) is 0 Å². The average Bonchev–Trinajstić information content (AvgIpc) is 3.15. The molecule has 0 bridgehead atoms. The molecule has 0 aliphatic rings. The number of hydrogen-bond donors (Lipinski definition) is 1. The maximum Gasteiger partial charge on any atom is 0.280 e. The van der Waals surface area contributed by atoms with Gasteiger partial charge in [0.15, 0.2) is 5.78 Å². The van der Waals surface area contributed by atoms with Crippen LogP contribution in [0.5, 0.6) is 0 Å². The molecule has 22 heavy (non-hydrogen) atoms. The number of aromatic amines is 1. The highest BCUT2D eigenvalue weighted by molar-refractivity contribution is 6.11. The summed E-state index contributed by atoms with van der Waals surface area (Å²) >= 11 is 0. The van der Waals surface area contributed by atoms with Crippen LogP contribution >= 0.6 is 0 Å². The number of H-pyrrole nitrogens is 1. The van der Waals surface area contributed by atoms with Gasteiger partial charge in [-0.15, -0.1) is 0 Å². The van der Waals surface area contributed by atoms with Crippen molar-refractivity contribution in [1.29, 1.82) is 0 Å². The number of hydrogen-bond acceptors (Lipinski definition) is 3. The molecular formula is C17H14N2O3. The number of carbonyl (C=O) groups excluding carboxylic acids is 1. The van der Waals surface area contributed by atoms with Gasteiger partial charge in [-0.1, -0.05) is 42.5 Å². The second-order valence-corrected chi connectivity index (χ2v) is 4.35. The van der Waals surface area contributed by atoms with Crippen molar-refractivity contribution in [2.24, 2.45) is 0 Å². The van der Waals surface area contributed by atoms with Gasteiger partial charge in [0, 0.05) is 24.0 Å². The minimum absolute atomic E-state index is 0.115. The number of carbonyl (C=O) groups is 1. The Labute approximate surface area is 127 Å². The molecule has 0 unspecified atom stereocenters. The highest BCUT2D eigenvalue weighted by atomic mass is 16.6. The molecule has 1 aromatic heterocycles. The predicted octanol–water partition coefficient (Wildman–Crippen LogP) is 3.84. The van der Waals surface area contributed by atoms with Crippen LogP contribution in [-0.4, -0.2) is 15.7 Å². The van der Waals surface area contributed by atoms with Crippen LogP contribution in [0.3, 0.4) is 0 Å².